The molecule has 0 aliphatic carbocycles. The number of rotatable bonds is 2. The van der Waals surface area contributed by atoms with Gasteiger partial charge in [-0.3, -0.25) is 9.59 Å². The predicted octanol–water partition coefficient (Wildman–Crippen LogP) is 1.77. The summed E-state index contributed by atoms with van der Waals surface area (Å²) in [6.45, 7) is 2.10. The molecule has 7 heteroatoms. The van der Waals surface area contributed by atoms with Gasteiger partial charge in [0.2, 0.25) is 5.56 Å². The van der Waals surface area contributed by atoms with E-state index in [9.17, 15) is 14.4 Å². The van der Waals surface area contributed by atoms with E-state index in [1.807, 2.05) is 30.3 Å². The Balaban J connectivity index is 1.62. The van der Waals surface area contributed by atoms with Crippen molar-refractivity contribution in [2.45, 2.75) is 6.42 Å². The van der Waals surface area contributed by atoms with Gasteiger partial charge in [-0.2, -0.15) is 0 Å². The van der Waals surface area contributed by atoms with E-state index in [0.29, 0.717) is 38.2 Å². The summed E-state index contributed by atoms with van der Waals surface area (Å²) in [5.41, 5.74) is 1.08. The van der Waals surface area contributed by atoms with Gasteiger partial charge in [0.25, 0.3) is 5.91 Å². The first-order valence-electron chi connectivity index (χ1n) is 8.61. The predicted molar refractivity (Wildman–Crippen MR) is 99.2 cm³/mol. The van der Waals surface area contributed by atoms with E-state index in [4.69, 9.17) is 0 Å². The van der Waals surface area contributed by atoms with Gasteiger partial charge in [0.15, 0.2) is 0 Å². The molecular formula is C19H22N4O3. The Morgan fingerprint density at radius 2 is 1.62 bits per heavy atom. The lowest BCUT2D eigenvalue weighted by molar-refractivity contribution is 0.0761. The Kier molecular flexibility index (Phi) is 5.36. The lowest BCUT2D eigenvalue weighted by Crippen LogP contribution is -2.39. The molecule has 0 spiro atoms. The van der Waals surface area contributed by atoms with Crippen molar-refractivity contribution >= 4 is 17.6 Å². The number of benzene rings is 1. The molecule has 26 heavy (non-hydrogen) atoms. The molecule has 1 aromatic carbocycles. The zero-order valence-electron chi connectivity index (χ0n) is 14.7. The van der Waals surface area contributed by atoms with E-state index in [0.717, 1.165) is 5.69 Å². The second-order valence-corrected chi connectivity index (χ2v) is 6.30. The first-order chi connectivity index (χ1) is 12.5. The third kappa shape index (κ3) is 4.11. The number of nitrogens with one attached hydrogen (secondary N) is 1. The number of amides is 3. The van der Waals surface area contributed by atoms with Crippen molar-refractivity contribution in [3.05, 3.63) is 64.6 Å². The number of carbonyl (C=O) groups excluding carboxylic acids is 2. The van der Waals surface area contributed by atoms with E-state index in [1.165, 1.54) is 10.6 Å². The van der Waals surface area contributed by atoms with Gasteiger partial charge in [-0.15, -0.1) is 0 Å². The summed E-state index contributed by atoms with van der Waals surface area (Å²) in [4.78, 5) is 40.0. The number of carbonyl (C=O) groups is 2. The van der Waals surface area contributed by atoms with Crippen molar-refractivity contribution in [1.29, 1.82) is 0 Å². The highest BCUT2D eigenvalue weighted by Crippen LogP contribution is 2.11. The summed E-state index contributed by atoms with van der Waals surface area (Å²) in [6.07, 6.45) is 2.26. The van der Waals surface area contributed by atoms with Gasteiger partial charge in [0, 0.05) is 51.2 Å². The number of urea groups is 1. The molecule has 1 aromatic heterocycles. The molecule has 3 amide bonds. The monoisotopic (exact) mass is 354 g/mol. The van der Waals surface area contributed by atoms with Gasteiger partial charge in [-0.1, -0.05) is 18.2 Å². The normalized spacial score (nSPS) is 14.7. The van der Waals surface area contributed by atoms with Crippen LogP contribution in [0.1, 0.15) is 16.8 Å². The van der Waals surface area contributed by atoms with Crippen molar-refractivity contribution in [2.24, 2.45) is 7.05 Å². The minimum absolute atomic E-state index is 0.120. The lowest BCUT2D eigenvalue weighted by Gasteiger charge is -2.22. The Morgan fingerprint density at radius 1 is 0.923 bits per heavy atom. The molecule has 0 saturated carbocycles. The van der Waals surface area contributed by atoms with Crippen molar-refractivity contribution in [1.82, 2.24) is 14.4 Å². The number of para-hydroxylation sites is 1. The highest BCUT2D eigenvalue weighted by atomic mass is 16.2. The first-order valence-corrected chi connectivity index (χ1v) is 8.61. The van der Waals surface area contributed by atoms with Gasteiger partial charge < -0.3 is 19.7 Å². The van der Waals surface area contributed by atoms with E-state index >= 15 is 0 Å². The number of pyridine rings is 1. The quantitative estimate of drug-likeness (QED) is 0.893. The minimum Gasteiger partial charge on any atom is -0.337 e. The summed E-state index contributed by atoms with van der Waals surface area (Å²) in [5, 5.41) is 2.87. The molecule has 3 rings (SSSR count). The number of nitrogens with zero attached hydrogens (tertiary/aromatic N) is 3. The van der Waals surface area contributed by atoms with Gasteiger partial charge in [0.05, 0.1) is 5.56 Å². The van der Waals surface area contributed by atoms with Crippen LogP contribution in [0, 0.1) is 0 Å². The molecule has 1 N–H and O–H groups in total. The van der Waals surface area contributed by atoms with Gasteiger partial charge >= 0.3 is 6.03 Å². The molecular weight excluding hydrogens is 332 g/mol. The highest BCUT2D eigenvalue weighted by Gasteiger charge is 2.23. The smallest absolute Gasteiger partial charge is 0.321 e. The summed E-state index contributed by atoms with van der Waals surface area (Å²) in [7, 11) is 1.62. The Hall–Kier alpha value is -3.09. The Morgan fingerprint density at radius 3 is 2.35 bits per heavy atom. The van der Waals surface area contributed by atoms with Gasteiger partial charge in [-0.05, 0) is 24.6 Å². The topological polar surface area (TPSA) is 74.7 Å². The maximum Gasteiger partial charge on any atom is 0.321 e. The number of aryl methyl sites for hydroxylation is 1. The van der Waals surface area contributed by atoms with Crippen LogP contribution in [0.4, 0.5) is 10.5 Å². The maximum absolute atomic E-state index is 12.7. The molecule has 0 radical (unpaired) electrons. The summed E-state index contributed by atoms with van der Waals surface area (Å²) in [5.74, 6) is -0.120. The zero-order valence-corrected chi connectivity index (χ0v) is 14.7. The summed E-state index contributed by atoms with van der Waals surface area (Å²) >= 11 is 0. The molecule has 2 aromatic rings. The molecule has 0 bridgehead atoms. The number of aromatic nitrogens is 1. The van der Waals surface area contributed by atoms with Crippen molar-refractivity contribution in [3.63, 3.8) is 0 Å². The SMILES string of the molecule is Cn1cc(C(=O)N2CCCN(C(=O)Nc3ccccc3)CC2)ccc1=O. The van der Waals surface area contributed by atoms with Crippen LogP contribution in [0.25, 0.3) is 0 Å². The molecule has 2 heterocycles. The molecule has 1 fully saturated rings. The Labute approximate surface area is 151 Å². The Bertz CT molecular complexity index is 847. The van der Waals surface area contributed by atoms with E-state index in [-0.39, 0.29) is 17.5 Å². The third-order valence-electron chi connectivity index (χ3n) is 4.43. The molecule has 7 nitrogen and oxygen atoms in total. The average molecular weight is 354 g/mol. The minimum atomic E-state index is -0.160. The van der Waals surface area contributed by atoms with Crippen LogP contribution >= 0.6 is 0 Å². The molecule has 1 aliphatic rings. The maximum atomic E-state index is 12.7. The summed E-state index contributed by atoms with van der Waals surface area (Å²) in [6, 6.07) is 12.1. The van der Waals surface area contributed by atoms with Crippen molar-refractivity contribution in [2.75, 3.05) is 31.5 Å². The van der Waals surface area contributed by atoms with E-state index in [1.54, 1.807) is 29.1 Å². The standard InChI is InChI=1S/C19H22N4O3/c1-21-14-15(8-9-17(21)24)18(25)22-10-5-11-23(13-12-22)19(26)20-16-6-3-2-4-7-16/h2-4,6-9,14H,5,10-13H2,1H3,(H,20,26). The van der Waals surface area contributed by atoms with Crippen LogP contribution in [0.5, 0.6) is 0 Å². The van der Waals surface area contributed by atoms with Crippen molar-refractivity contribution in [3.8, 4) is 0 Å². The summed E-state index contributed by atoms with van der Waals surface area (Å²) < 4.78 is 1.39. The lowest BCUT2D eigenvalue weighted by atomic mass is 10.2. The third-order valence-corrected chi connectivity index (χ3v) is 4.43. The molecule has 0 unspecified atom stereocenters. The van der Waals surface area contributed by atoms with Crippen LogP contribution in [-0.2, 0) is 7.05 Å². The average Bonchev–Trinajstić information content (AvgIpc) is 2.90. The molecule has 1 saturated heterocycles. The number of hydrogen-bond donors (Lipinski definition) is 1. The van der Waals surface area contributed by atoms with Crippen molar-refractivity contribution < 1.29 is 9.59 Å². The van der Waals surface area contributed by atoms with Crippen LogP contribution in [0.3, 0.4) is 0 Å². The molecule has 1 aliphatic heterocycles. The highest BCUT2D eigenvalue weighted by molar-refractivity contribution is 5.94. The number of anilines is 1. The first kappa shape index (κ1) is 17.7. The fourth-order valence-electron chi connectivity index (χ4n) is 2.95. The number of hydrogen-bond acceptors (Lipinski definition) is 3. The molecule has 136 valence electrons. The zero-order chi connectivity index (χ0) is 18.5. The van der Waals surface area contributed by atoms with Gasteiger partial charge in [-0.25, -0.2) is 4.79 Å². The second kappa shape index (κ2) is 7.86. The van der Waals surface area contributed by atoms with Gasteiger partial charge in [0.1, 0.15) is 0 Å². The fourth-order valence-corrected chi connectivity index (χ4v) is 2.95. The van der Waals surface area contributed by atoms with Crippen LogP contribution in [-0.4, -0.2) is 52.5 Å². The largest absolute Gasteiger partial charge is 0.337 e. The van der Waals surface area contributed by atoms with Crippen LogP contribution < -0.4 is 10.9 Å². The fraction of sp³-hybridized carbons (Fsp3) is 0.316. The van der Waals surface area contributed by atoms with E-state index in [2.05, 4.69) is 5.32 Å². The second-order valence-electron chi connectivity index (χ2n) is 6.30. The molecule has 0 atom stereocenters. The van der Waals surface area contributed by atoms with Crippen LogP contribution in [0.2, 0.25) is 0 Å². The van der Waals surface area contributed by atoms with E-state index < -0.39 is 0 Å². The van der Waals surface area contributed by atoms with Crippen LogP contribution in [0.15, 0.2) is 53.5 Å².